The molecule has 1 N–H and O–H groups in total. The number of hydrogen-bond acceptors (Lipinski definition) is 4. The van der Waals surface area contributed by atoms with Gasteiger partial charge in [0.2, 0.25) is 5.88 Å². The predicted octanol–water partition coefficient (Wildman–Crippen LogP) is 3.36. The number of pyridine rings is 2. The van der Waals surface area contributed by atoms with Crippen LogP contribution in [0.4, 0.5) is 0 Å². The van der Waals surface area contributed by atoms with Crippen LogP contribution >= 0.6 is 0 Å². The van der Waals surface area contributed by atoms with E-state index in [1.807, 2.05) is 18.3 Å². The number of nitrogens with one attached hydrogen (secondary N) is 1. The minimum absolute atomic E-state index is 0.0153. The van der Waals surface area contributed by atoms with Crippen molar-refractivity contribution in [3.05, 3.63) is 55.0 Å². The first kappa shape index (κ1) is 13.5. The predicted molar refractivity (Wildman–Crippen MR) is 88.4 cm³/mol. The second kappa shape index (κ2) is 5.53. The molecule has 5 nitrogen and oxygen atoms in total. The Morgan fingerprint density at radius 2 is 1.91 bits per heavy atom. The lowest BCUT2D eigenvalue weighted by molar-refractivity contribution is -0.109. The summed E-state index contributed by atoms with van der Waals surface area (Å²) in [6, 6.07) is 11.9. The number of aromatic nitrogens is 3. The number of H-pyrrole nitrogens is 1. The lowest BCUT2D eigenvalue weighted by Crippen LogP contribution is -1.99. The van der Waals surface area contributed by atoms with Crippen LogP contribution in [-0.4, -0.2) is 27.8 Å². The van der Waals surface area contributed by atoms with E-state index in [0.29, 0.717) is 12.2 Å². The van der Waals surface area contributed by atoms with Crippen LogP contribution in [0.5, 0.6) is 5.88 Å². The van der Waals surface area contributed by atoms with Crippen LogP contribution in [0.25, 0.3) is 32.9 Å². The molecule has 0 amide bonds. The number of carbonyl (C=O) groups excluding carboxylic acids is 1. The maximum absolute atomic E-state index is 10.3. The fourth-order valence-electron chi connectivity index (χ4n) is 2.68. The van der Waals surface area contributed by atoms with Crippen LogP contribution in [0.15, 0.2) is 55.0 Å². The van der Waals surface area contributed by atoms with Crippen LogP contribution in [0.1, 0.15) is 0 Å². The van der Waals surface area contributed by atoms with Crippen LogP contribution < -0.4 is 4.74 Å². The maximum Gasteiger partial charge on any atom is 0.213 e. The first-order valence-electron chi connectivity index (χ1n) is 7.23. The molecule has 0 saturated carbocycles. The molecule has 1 aromatic carbocycles. The second-order valence-corrected chi connectivity index (χ2v) is 5.17. The zero-order valence-electron chi connectivity index (χ0n) is 12.2. The molecule has 0 unspecified atom stereocenters. The zero-order chi connectivity index (χ0) is 15.6. The maximum atomic E-state index is 10.3. The van der Waals surface area contributed by atoms with Gasteiger partial charge in [0.25, 0.3) is 0 Å². The van der Waals surface area contributed by atoms with Crippen LogP contribution in [0, 0.1) is 0 Å². The molecule has 0 fully saturated rings. The van der Waals surface area contributed by atoms with E-state index < -0.39 is 0 Å². The van der Waals surface area contributed by atoms with Gasteiger partial charge in [0, 0.05) is 52.0 Å². The number of fused-ring (bicyclic) bond motifs is 3. The lowest BCUT2D eigenvalue weighted by atomic mass is 10.1. The number of nitrogens with zero attached hydrogens (tertiary/aromatic N) is 2. The Morgan fingerprint density at radius 1 is 1.00 bits per heavy atom. The standard InChI is InChI=1S/C18H13N3O2/c22-7-8-23-18-4-2-13(10-20-18)12-1-3-14-15-11-19-6-5-16(15)21-17(14)9-12/h1-7,9-11,21H,8H2. The summed E-state index contributed by atoms with van der Waals surface area (Å²) in [7, 11) is 0. The summed E-state index contributed by atoms with van der Waals surface area (Å²) < 4.78 is 5.16. The van der Waals surface area contributed by atoms with E-state index >= 15 is 0 Å². The first-order chi connectivity index (χ1) is 11.3. The summed E-state index contributed by atoms with van der Waals surface area (Å²) in [5, 5.41) is 2.26. The van der Waals surface area contributed by atoms with E-state index in [1.54, 1.807) is 18.5 Å². The molecule has 0 atom stereocenters. The van der Waals surface area contributed by atoms with E-state index in [-0.39, 0.29) is 6.61 Å². The molecule has 0 aliphatic rings. The third-order valence-corrected chi connectivity index (χ3v) is 3.77. The molecule has 4 aromatic rings. The van der Waals surface area contributed by atoms with E-state index in [9.17, 15) is 4.79 Å². The Morgan fingerprint density at radius 3 is 2.74 bits per heavy atom. The summed E-state index contributed by atoms with van der Waals surface area (Å²) in [6.45, 7) is 0.0153. The van der Waals surface area contributed by atoms with Gasteiger partial charge in [-0.1, -0.05) is 12.1 Å². The quantitative estimate of drug-likeness (QED) is 0.587. The van der Waals surface area contributed by atoms with Gasteiger partial charge in [0.1, 0.15) is 6.61 Å². The van der Waals surface area contributed by atoms with Crippen LogP contribution in [0.3, 0.4) is 0 Å². The van der Waals surface area contributed by atoms with Crippen molar-refractivity contribution >= 4 is 28.1 Å². The Labute approximate surface area is 132 Å². The van der Waals surface area contributed by atoms with E-state index in [1.165, 1.54) is 0 Å². The van der Waals surface area contributed by atoms with Gasteiger partial charge >= 0.3 is 0 Å². The summed E-state index contributed by atoms with van der Waals surface area (Å²) in [5.74, 6) is 0.443. The molecule has 0 aliphatic carbocycles. The number of aldehydes is 1. The van der Waals surface area contributed by atoms with Crippen molar-refractivity contribution in [1.29, 1.82) is 0 Å². The van der Waals surface area contributed by atoms with Gasteiger partial charge in [-0.15, -0.1) is 0 Å². The topological polar surface area (TPSA) is 67.9 Å². The molecule has 0 radical (unpaired) electrons. The second-order valence-electron chi connectivity index (χ2n) is 5.17. The van der Waals surface area contributed by atoms with E-state index in [2.05, 4.69) is 33.2 Å². The number of rotatable bonds is 4. The SMILES string of the molecule is O=CCOc1ccc(-c2ccc3c(c2)[nH]c2ccncc23)cn1. The Kier molecular flexibility index (Phi) is 3.24. The largest absolute Gasteiger partial charge is 0.470 e. The highest BCUT2D eigenvalue weighted by molar-refractivity contribution is 6.07. The summed E-state index contributed by atoms with van der Waals surface area (Å²) in [6.07, 6.45) is 6.09. The van der Waals surface area contributed by atoms with Gasteiger partial charge < -0.3 is 9.72 Å². The molecule has 3 aromatic heterocycles. The zero-order valence-corrected chi connectivity index (χ0v) is 12.2. The van der Waals surface area contributed by atoms with Gasteiger partial charge in [-0.25, -0.2) is 4.98 Å². The molecule has 0 aliphatic heterocycles. The minimum atomic E-state index is 0.0153. The molecule has 23 heavy (non-hydrogen) atoms. The molecule has 0 bridgehead atoms. The average molecular weight is 303 g/mol. The van der Waals surface area contributed by atoms with Gasteiger partial charge in [-0.3, -0.25) is 9.78 Å². The number of benzene rings is 1. The van der Waals surface area contributed by atoms with Crippen molar-refractivity contribution in [1.82, 2.24) is 15.0 Å². The van der Waals surface area contributed by atoms with Crippen molar-refractivity contribution in [2.45, 2.75) is 0 Å². The van der Waals surface area contributed by atoms with Crippen molar-refractivity contribution in [3.63, 3.8) is 0 Å². The lowest BCUT2D eigenvalue weighted by Gasteiger charge is -2.04. The summed E-state index contributed by atoms with van der Waals surface area (Å²) >= 11 is 0. The fourth-order valence-corrected chi connectivity index (χ4v) is 2.68. The van der Waals surface area contributed by atoms with Gasteiger partial charge in [0.05, 0.1) is 0 Å². The van der Waals surface area contributed by atoms with Crippen molar-refractivity contribution in [2.24, 2.45) is 0 Å². The highest BCUT2D eigenvalue weighted by Crippen LogP contribution is 2.29. The fraction of sp³-hybridized carbons (Fsp3) is 0.0556. The number of aromatic amines is 1. The molecule has 112 valence electrons. The Balaban J connectivity index is 1.73. The average Bonchev–Trinajstić information content (AvgIpc) is 2.98. The molecular weight excluding hydrogens is 290 g/mol. The number of carbonyl (C=O) groups is 1. The van der Waals surface area contributed by atoms with Gasteiger partial charge in [0.15, 0.2) is 6.29 Å². The number of ether oxygens (including phenoxy) is 1. The Bertz CT molecular complexity index is 990. The van der Waals surface area contributed by atoms with E-state index in [4.69, 9.17) is 4.74 Å². The normalized spacial score (nSPS) is 11.0. The summed E-state index contributed by atoms with van der Waals surface area (Å²) in [4.78, 5) is 22.1. The molecule has 3 heterocycles. The Hall–Kier alpha value is -3.21. The van der Waals surface area contributed by atoms with Crippen molar-refractivity contribution in [3.8, 4) is 17.0 Å². The summed E-state index contributed by atoms with van der Waals surface area (Å²) in [5.41, 5.74) is 4.18. The molecular formula is C18H13N3O2. The van der Waals surface area contributed by atoms with Crippen molar-refractivity contribution in [2.75, 3.05) is 6.61 Å². The molecule has 0 spiro atoms. The number of hydrogen-bond donors (Lipinski definition) is 1. The minimum Gasteiger partial charge on any atom is -0.470 e. The smallest absolute Gasteiger partial charge is 0.213 e. The molecule has 0 saturated heterocycles. The first-order valence-corrected chi connectivity index (χ1v) is 7.23. The van der Waals surface area contributed by atoms with Gasteiger partial charge in [-0.05, 0) is 23.8 Å². The molecule has 5 heteroatoms. The van der Waals surface area contributed by atoms with Crippen LogP contribution in [0.2, 0.25) is 0 Å². The van der Waals surface area contributed by atoms with Crippen LogP contribution in [-0.2, 0) is 4.79 Å². The monoisotopic (exact) mass is 303 g/mol. The van der Waals surface area contributed by atoms with E-state index in [0.717, 1.165) is 32.9 Å². The third-order valence-electron chi connectivity index (χ3n) is 3.77. The molecule has 4 rings (SSSR count). The highest BCUT2D eigenvalue weighted by atomic mass is 16.5. The highest BCUT2D eigenvalue weighted by Gasteiger charge is 2.06. The third kappa shape index (κ3) is 2.42. The van der Waals surface area contributed by atoms with Gasteiger partial charge in [-0.2, -0.15) is 0 Å². The van der Waals surface area contributed by atoms with Crippen molar-refractivity contribution < 1.29 is 9.53 Å².